The van der Waals surface area contributed by atoms with Gasteiger partial charge >= 0.3 is 0 Å². The zero-order valence-electron chi connectivity index (χ0n) is 10.6. The molecule has 20 heavy (non-hydrogen) atoms. The number of primary amides is 1. The number of carbonyl (C=O) groups is 1. The van der Waals surface area contributed by atoms with Crippen LogP contribution in [0.1, 0.15) is 15.9 Å². The van der Waals surface area contributed by atoms with Crippen LogP contribution < -0.4 is 11.1 Å². The molecule has 1 aromatic heterocycles. The summed E-state index contributed by atoms with van der Waals surface area (Å²) in [5.74, 6) is 0.192. The van der Waals surface area contributed by atoms with E-state index in [9.17, 15) is 4.79 Å². The second-order valence-electron chi connectivity index (χ2n) is 4.21. The van der Waals surface area contributed by atoms with Gasteiger partial charge in [-0.05, 0) is 36.2 Å². The molecule has 0 saturated carbocycles. The van der Waals surface area contributed by atoms with Gasteiger partial charge in [0.2, 0.25) is 5.91 Å². The van der Waals surface area contributed by atoms with Crippen LogP contribution in [-0.4, -0.2) is 17.4 Å². The number of nitrogens with two attached hydrogens (primary N) is 1. The number of benzene rings is 1. The summed E-state index contributed by atoms with van der Waals surface area (Å²) in [4.78, 5) is 15.0. The van der Waals surface area contributed by atoms with Gasteiger partial charge in [-0.2, -0.15) is 0 Å². The molecule has 0 aliphatic heterocycles. The predicted octanol–water partition coefficient (Wildman–Crippen LogP) is 3.14. The Morgan fingerprint density at radius 2 is 2.05 bits per heavy atom. The number of carbonyl (C=O) groups excluding carboxylic acids is 1. The summed E-state index contributed by atoms with van der Waals surface area (Å²) in [5, 5.41) is 4.42. The SMILES string of the molecule is NC(=O)c1ccc(NCCc2ccc(Cl)cc2Cl)nc1. The molecule has 2 rings (SSSR count). The molecule has 0 unspecified atom stereocenters. The first-order valence-corrected chi connectivity index (χ1v) is 6.75. The lowest BCUT2D eigenvalue weighted by Gasteiger charge is -2.07. The number of rotatable bonds is 5. The first-order valence-electron chi connectivity index (χ1n) is 6.00. The average Bonchev–Trinajstić information content (AvgIpc) is 2.42. The van der Waals surface area contributed by atoms with E-state index in [1.807, 2.05) is 12.1 Å². The van der Waals surface area contributed by atoms with E-state index in [4.69, 9.17) is 28.9 Å². The lowest BCUT2D eigenvalue weighted by atomic mass is 10.1. The van der Waals surface area contributed by atoms with Crippen molar-refractivity contribution in [2.24, 2.45) is 5.73 Å². The molecule has 0 fully saturated rings. The summed E-state index contributed by atoms with van der Waals surface area (Å²) in [5.41, 5.74) is 6.54. The second-order valence-corrected chi connectivity index (χ2v) is 5.05. The molecular formula is C14H13Cl2N3O. The summed E-state index contributed by atoms with van der Waals surface area (Å²) in [6, 6.07) is 8.77. The maximum atomic E-state index is 10.9. The van der Waals surface area contributed by atoms with E-state index in [0.717, 1.165) is 12.0 Å². The van der Waals surface area contributed by atoms with Crippen molar-refractivity contribution in [1.29, 1.82) is 0 Å². The molecule has 0 spiro atoms. The molecule has 0 saturated heterocycles. The molecule has 0 atom stereocenters. The van der Waals surface area contributed by atoms with Gasteiger partial charge in [-0.3, -0.25) is 4.79 Å². The Kier molecular flexibility index (Phi) is 4.82. The number of pyridine rings is 1. The van der Waals surface area contributed by atoms with Crippen molar-refractivity contribution >= 4 is 34.9 Å². The highest BCUT2D eigenvalue weighted by atomic mass is 35.5. The third kappa shape index (κ3) is 3.85. The minimum absolute atomic E-state index is 0.385. The predicted molar refractivity (Wildman–Crippen MR) is 81.4 cm³/mol. The zero-order valence-corrected chi connectivity index (χ0v) is 12.1. The number of halogens is 2. The Labute approximate surface area is 126 Å². The van der Waals surface area contributed by atoms with Crippen LogP contribution in [0.3, 0.4) is 0 Å². The quantitative estimate of drug-likeness (QED) is 0.891. The van der Waals surface area contributed by atoms with Gasteiger partial charge in [-0.25, -0.2) is 4.98 Å². The maximum absolute atomic E-state index is 10.9. The van der Waals surface area contributed by atoms with Gasteiger partial charge in [0.15, 0.2) is 0 Å². The Bertz CT molecular complexity index is 614. The van der Waals surface area contributed by atoms with Gasteiger partial charge < -0.3 is 11.1 Å². The van der Waals surface area contributed by atoms with Crippen molar-refractivity contribution in [3.63, 3.8) is 0 Å². The molecule has 104 valence electrons. The topological polar surface area (TPSA) is 68.0 Å². The fourth-order valence-corrected chi connectivity index (χ4v) is 2.20. The number of nitrogens with zero attached hydrogens (tertiary/aromatic N) is 1. The number of hydrogen-bond acceptors (Lipinski definition) is 3. The van der Waals surface area contributed by atoms with Crippen LogP contribution in [0, 0.1) is 0 Å². The lowest BCUT2D eigenvalue weighted by Crippen LogP contribution is -2.12. The standard InChI is InChI=1S/C14H13Cl2N3O/c15-11-3-1-9(12(16)7-11)5-6-18-13-4-2-10(8-19-13)14(17)20/h1-4,7-8H,5-6H2,(H2,17,20)(H,18,19). The van der Waals surface area contributed by atoms with Gasteiger partial charge in [0, 0.05) is 22.8 Å². The second kappa shape index (κ2) is 6.59. The Morgan fingerprint density at radius 3 is 2.65 bits per heavy atom. The van der Waals surface area contributed by atoms with E-state index in [1.54, 1.807) is 18.2 Å². The van der Waals surface area contributed by atoms with Crippen LogP contribution in [0.15, 0.2) is 36.5 Å². The molecule has 4 nitrogen and oxygen atoms in total. The number of amides is 1. The van der Waals surface area contributed by atoms with Crippen molar-refractivity contribution in [3.8, 4) is 0 Å². The molecule has 3 N–H and O–H groups in total. The highest BCUT2D eigenvalue weighted by Gasteiger charge is 2.03. The van der Waals surface area contributed by atoms with Gasteiger partial charge in [0.1, 0.15) is 5.82 Å². The van der Waals surface area contributed by atoms with Crippen molar-refractivity contribution in [2.75, 3.05) is 11.9 Å². The Balaban J connectivity index is 1.91. The van der Waals surface area contributed by atoms with Gasteiger partial charge in [-0.15, -0.1) is 0 Å². The van der Waals surface area contributed by atoms with E-state index in [0.29, 0.717) is 28.0 Å². The third-order valence-corrected chi connectivity index (χ3v) is 3.35. The van der Waals surface area contributed by atoms with Crippen LogP contribution >= 0.6 is 23.2 Å². The Hall–Kier alpha value is -1.78. The number of hydrogen-bond donors (Lipinski definition) is 2. The molecule has 1 heterocycles. The van der Waals surface area contributed by atoms with Crippen molar-refractivity contribution in [3.05, 3.63) is 57.7 Å². The maximum Gasteiger partial charge on any atom is 0.250 e. The number of anilines is 1. The molecule has 0 bridgehead atoms. The summed E-state index contributed by atoms with van der Waals surface area (Å²) in [7, 11) is 0. The van der Waals surface area contributed by atoms with Crippen LogP contribution in [-0.2, 0) is 6.42 Å². The smallest absolute Gasteiger partial charge is 0.250 e. The first kappa shape index (κ1) is 14.6. The molecular weight excluding hydrogens is 297 g/mol. The fraction of sp³-hybridized carbons (Fsp3) is 0.143. The fourth-order valence-electron chi connectivity index (χ4n) is 1.69. The van der Waals surface area contributed by atoms with Crippen LogP contribution in [0.25, 0.3) is 0 Å². The minimum Gasteiger partial charge on any atom is -0.370 e. The lowest BCUT2D eigenvalue weighted by molar-refractivity contribution is 0.1000. The first-order chi connectivity index (χ1) is 9.56. The van der Waals surface area contributed by atoms with E-state index >= 15 is 0 Å². The highest BCUT2D eigenvalue weighted by Crippen LogP contribution is 2.21. The van der Waals surface area contributed by atoms with Gasteiger partial charge in [0.05, 0.1) is 5.56 Å². The summed E-state index contributed by atoms with van der Waals surface area (Å²) in [6.07, 6.45) is 2.19. The van der Waals surface area contributed by atoms with Crippen molar-refractivity contribution in [2.45, 2.75) is 6.42 Å². The van der Waals surface area contributed by atoms with Crippen molar-refractivity contribution in [1.82, 2.24) is 4.98 Å². The summed E-state index contributed by atoms with van der Waals surface area (Å²) >= 11 is 11.9. The third-order valence-electron chi connectivity index (χ3n) is 2.76. The van der Waals surface area contributed by atoms with Crippen molar-refractivity contribution < 1.29 is 4.79 Å². The molecule has 1 amide bonds. The summed E-state index contributed by atoms with van der Waals surface area (Å²) in [6.45, 7) is 0.671. The van der Waals surface area contributed by atoms with E-state index in [1.165, 1.54) is 6.20 Å². The summed E-state index contributed by atoms with van der Waals surface area (Å²) < 4.78 is 0. The molecule has 1 aromatic carbocycles. The monoisotopic (exact) mass is 309 g/mol. The highest BCUT2D eigenvalue weighted by molar-refractivity contribution is 6.35. The van der Waals surface area contributed by atoms with E-state index < -0.39 is 5.91 Å². The van der Waals surface area contributed by atoms with Crippen LogP contribution in [0.2, 0.25) is 10.0 Å². The largest absolute Gasteiger partial charge is 0.370 e. The van der Waals surface area contributed by atoms with Gasteiger partial charge in [0.25, 0.3) is 0 Å². The molecule has 6 heteroatoms. The number of aromatic nitrogens is 1. The van der Waals surface area contributed by atoms with Crippen LogP contribution in [0.4, 0.5) is 5.82 Å². The van der Waals surface area contributed by atoms with E-state index in [-0.39, 0.29) is 0 Å². The van der Waals surface area contributed by atoms with E-state index in [2.05, 4.69) is 10.3 Å². The normalized spacial score (nSPS) is 10.3. The van der Waals surface area contributed by atoms with Gasteiger partial charge in [-0.1, -0.05) is 29.3 Å². The van der Waals surface area contributed by atoms with Crippen LogP contribution in [0.5, 0.6) is 0 Å². The Morgan fingerprint density at radius 1 is 1.25 bits per heavy atom. The molecule has 0 aliphatic carbocycles. The zero-order chi connectivity index (χ0) is 14.5. The molecule has 0 aliphatic rings. The molecule has 0 radical (unpaired) electrons. The number of nitrogens with one attached hydrogen (secondary N) is 1. The average molecular weight is 310 g/mol. The molecule has 2 aromatic rings. The minimum atomic E-state index is -0.489.